The molecule has 3 aromatic rings. The fourth-order valence-electron chi connectivity index (χ4n) is 5.26. The van der Waals surface area contributed by atoms with Gasteiger partial charge in [-0.2, -0.15) is 0 Å². The van der Waals surface area contributed by atoms with Gasteiger partial charge in [0.2, 0.25) is 0 Å². The van der Waals surface area contributed by atoms with Crippen LogP contribution in [-0.2, 0) is 4.43 Å². The molecule has 35 heavy (non-hydrogen) atoms. The molecule has 0 saturated carbocycles. The number of hydrogen-bond acceptors (Lipinski definition) is 3. The molecule has 3 aromatic carbocycles. The molecule has 0 heterocycles. The van der Waals surface area contributed by atoms with E-state index in [1.807, 2.05) is 6.07 Å². The van der Waals surface area contributed by atoms with Gasteiger partial charge in [-0.1, -0.05) is 81.4 Å². The number of benzene rings is 3. The number of carbonyl (C=O) groups is 1. The summed E-state index contributed by atoms with van der Waals surface area (Å²) < 4.78 is 14.0. The summed E-state index contributed by atoms with van der Waals surface area (Å²) in [7, 11) is -1.09. The van der Waals surface area contributed by atoms with Gasteiger partial charge in [-0.3, -0.25) is 4.79 Å². The van der Waals surface area contributed by atoms with E-state index in [4.69, 9.17) is 9.16 Å². The molecule has 182 valence electrons. The number of aldehydes is 1. The van der Waals surface area contributed by atoms with E-state index in [-0.39, 0.29) is 11.0 Å². The molecule has 1 atom stereocenters. The third-order valence-electron chi connectivity index (χ3n) is 6.94. The largest absolute Gasteiger partial charge is 0.537 e. The van der Waals surface area contributed by atoms with E-state index in [9.17, 15) is 4.79 Å². The quantitative estimate of drug-likeness (QED) is 0.235. The maximum atomic E-state index is 11.8. The van der Waals surface area contributed by atoms with Crippen molar-refractivity contribution in [3.05, 3.63) is 100 Å². The minimum Gasteiger partial charge on any atom is -0.537 e. The molecular weight excluding hydrogens is 516 g/mol. The first-order chi connectivity index (χ1) is 16.8. The predicted molar refractivity (Wildman–Crippen MR) is 149 cm³/mol. The van der Waals surface area contributed by atoms with E-state index in [1.165, 1.54) is 10.4 Å². The molecule has 4 rings (SSSR count). The second-order valence-electron chi connectivity index (χ2n) is 10.1. The van der Waals surface area contributed by atoms with Crippen molar-refractivity contribution in [2.45, 2.75) is 51.0 Å². The Labute approximate surface area is 218 Å². The normalized spacial score (nSPS) is 16.4. The molecule has 0 fully saturated rings. The highest BCUT2D eigenvalue weighted by atomic mass is 79.9. The van der Waals surface area contributed by atoms with Crippen LogP contribution in [0.3, 0.4) is 0 Å². The van der Waals surface area contributed by atoms with Gasteiger partial charge >= 0.3 is 8.32 Å². The van der Waals surface area contributed by atoms with Crippen LogP contribution in [0.5, 0.6) is 5.75 Å². The lowest BCUT2D eigenvalue weighted by molar-refractivity contribution is 0.112. The Morgan fingerprint density at radius 1 is 0.943 bits per heavy atom. The van der Waals surface area contributed by atoms with Gasteiger partial charge in [0.25, 0.3) is 0 Å². The van der Waals surface area contributed by atoms with Crippen molar-refractivity contribution in [1.29, 1.82) is 0 Å². The Hall–Kier alpha value is -2.63. The van der Waals surface area contributed by atoms with E-state index < -0.39 is 8.32 Å². The van der Waals surface area contributed by atoms with Crippen LogP contribution < -0.4 is 15.1 Å². The fraction of sp³-hybridized carbons (Fsp3) is 0.300. The molecule has 0 radical (unpaired) electrons. The zero-order valence-corrected chi connectivity index (χ0v) is 23.5. The average molecular weight is 550 g/mol. The monoisotopic (exact) mass is 548 g/mol. The molecule has 0 N–H and O–H groups in total. The summed E-state index contributed by atoms with van der Waals surface area (Å²) in [5.41, 5.74) is 1.61. The second-order valence-corrected chi connectivity index (χ2v) is 15.1. The van der Waals surface area contributed by atoms with Gasteiger partial charge in [-0.05, 0) is 68.8 Å². The lowest BCUT2D eigenvalue weighted by Crippen LogP contribution is -2.66. The van der Waals surface area contributed by atoms with Gasteiger partial charge < -0.3 is 9.16 Å². The first-order valence-electron chi connectivity index (χ1n) is 12.1. The van der Waals surface area contributed by atoms with E-state index >= 15 is 0 Å². The van der Waals surface area contributed by atoms with Crippen LogP contribution in [0.25, 0.3) is 0 Å². The van der Waals surface area contributed by atoms with Crippen molar-refractivity contribution < 1.29 is 14.0 Å². The highest BCUT2D eigenvalue weighted by Gasteiger charge is 2.53. The zero-order valence-electron chi connectivity index (χ0n) is 20.9. The number of halogens is 1. The molecular formula is C30H33BrO3Si. The Morgan fingerprint density at radius 3 is 2.06 bits per heavy atom. The number of hydrogen-bond donors (Lipinski definition) is 0. The molecule has 3 nitrogen and oxygen atoms in total. The molecule has 0 saturated heterocycles. The Bertz CT molecular complexity index is 1160. The Balaban J connectivity index is 1.92. The number of allylic oxidation sites excluding steroid dienone is 2. The third kappa shape index (κ3) is 4.76. The van der Waals surface area contributed by atoms with E-state index in [1.54, 1.807) is 13.2 Å². The van der Waals surface area contributed by atoms with Crippen LogP contribution in [0, 0.1) is 0 Å². The summed E-state index contributed by atoms with van der Waals surface area (Å²) in [6.07, 6.45) is 6.10. The van der Waals surface area contributed by atoms with Crippen LogP contribution in [0.1, 0.15) is 61.9 Å². The molecule has 0 aliphatic heterocycles. The summed E-state index contributed by atoms with van der Waals surface area (Å²) in [6.45, 7) is 6.88. The smallest absolute Gasteiger partial charge is 0.319 e. The molecule has 5 heteroatoms. The summed E-state index contributed by atoms with van der Waals surface area (Å²) in [6, 6.07) is 25.1. The Kier molecular flexibility index (Phi) is 7.67. The van der Waals surface area contributed by atoms with Gasteiger partial charge in [-0.25, -0.2) is 0 Å². The maximum absolute atomic E-state index is 11.8. The van der Waals surface area contributed by atoms with Gasteiger partial charge in [0.05, 0.1) is 12.9 Å². The third-order valence-corrected chi connectivity index (χ3v) is 12.8. The van der Waals surface area contributed by atoms with Crippen molar-refractivity contribution >= 4 is 40.9 Å². The standard InChI is InChI=1S/C30H33BrO3Si/c1-30(2,3)35(23-13-7-5-8-14-23,24-15-9-6-10-16-24)34-26-18-12-11-17-25(26)28-27(33-4)20-19-22(21-32)29(28)31/h5-10,13-16,18-21,25H,11-12,17H2,1-4H3. The number of ether oxygens (including phenoxy) is 1. The van der Waals surface area contributed by atoms with E-state index in [0.29, 0.717) is 5.56 Å². The minimum absolute atomic E-state index is 0.00498. The summed E-state index contributed by atoms with van der Waals surface area (Å²) in [5, 5.41) is 2.36. The lowest BCUT2D eigenvalue weighted by Gasteiger charge is -2.45. The molecule has 0 amide bonds. The number of carbonyl (C=O) groups excluding carboxylic acids is 1. The van der Waals surface area contributed by atoms with Gasteiger partial charge in [0.15, 0.2) is 6.29 Å². The SMILES string of the molecule is COc1ccc(C=O)c(Br)c1C1CCCC=C1O[Si](c1ccccc1)(c1ccccc1)C(C)(C)C. The van der Waals surface area contributed by atoms with Crippen LogP contribution in [0.15, 0.2) is 89.1 Å². The van der Waals surface area contributed by atoms with Crippen molar-refractivity contribution in [3.63, 3.8) is 0 Å². The topological polar surface area (TPSA) is 35.5 Å². The molecule has 0 spiro atoms. The summed E-state index contributed by atoms with van der Waals surface area (Å²) in [4.78, 5) is 11.8. The fourth-order valence-corrected chi connectivity index (χ4v) is 10.5. The first-order valence-corrected chi connectivity index (χ1v) is 14.8. The molecule has 1 aliphatic rings. The number of rotatable bonds is 7. The second kappa shape index (κ2) is 10.5. The van der Waals surface area contributed by atoms with Crippen LogP contribution in [0.4, 0.5) is 0 Å². The van der Waals surface area contributed by atoms with Crippen molar-refractivity contribution in [1.82, 2.24) is 0 Å². The summed E-state index contributed by atoms with van der Waals surface area (Å²) in [5.74, 6) is 1.74. The van der Waals surface area contributed by atoms with Crippen LogP contribution >= 0.6 is 15.9 Å². The van der Waals surface area contributed by atoms with Crippen molar-refractivity contribution in [2.75, 3.05) is 7.11 Å². The van der Waals surface area contributed by atoms with E-state index in [2.05, 4.69) is 103 Å². The zero-order chi connectivity index (χ0) is 25.1. The van der Waals surface area contributed by atoms with Gasteiger partial charge in [0, 0.05) is 21.5 Å². The predicted octanol–water partition coefficient (Wildman–Crippen LogP) is 7.00. The van der Waals surface area contributed by atoms with Gasteiger partial charge in [-0.15, -0.1) is 0 Å². The molecule has 0 aromatic heterocycles. The van der Waals surface area contributed by atoms with Crippen LogP contribution in [-0.4, -0.2) is 21.7 Å². The molecule has 1 aliphatic carbocycles. The Morgan fingerprint density at radius 2 is 1.54 bits per heavy atom. The highest BCUT2D eigenvalue weighted by molar-refractivity contribution is 9.10. The van der Waals surface area contributed by atoms with Crippen molar-refractivity contribution in [3.8, 4) is 5.75 Å². The average Bonchev–Trinajstić information content (AvgIpc) is 2.87. The van der Waals surface area contributed by atoms with Crippen LogP contribution in [0.2, 0.25) is 5.04 Å². The van der Waals surface area contributed by atoms with Gasteiger partial charge in [0.1, 0.15) is 5.75 Å². The molecule has 0 bridgehead atoms. The van der Waals surface area contributed by atoms with E-state index in [0.717, 1.165) is 47.1 Å². The minimum atomic E-state index is -2.77. The number of methoxy groups -OCH3 is 1. The maximum Gasteiger partial charge on any atom is 0.319 e. The van der Waals surface area contributed by atoms with Crippen molar-refractivity contribution in [2.24, 2.45) is 0 Å². The lowest BCUT2D eigenvalue weighted by atomic mass is 9.86. The summed E-state index contributed by atoms with van der Waals surface area (Å²) >= 11 is 3.72. The first kappa shape index (κ1) is 25.5. The highest BCUT2D eigenvalue weighted by Crippen LogP contribution is 2.47. The molecule has 1 unspecified atom stereocenters.